The van der Waals surface area contributed by atoms with Crippen LogP contribution in [-0.2, 0) is 52.5 Å². The van der Waals surface area contributed by atoms with Gasteiger partial charge < -0.3 is 122 Å². The van der Waals surface area contributed by atoms with Crippen LogP contribution in [0.1, 0.15) is 105 Å². The Bertz CT molecular complexity index is 4090. The Labute approximate surface area is 585 Å². The first kappa shape index (κ1) is 74.5. The number of aliphatic hydroxyl groups is 6. The number of nitrogens with two attached hydrogens (primary N) is 1. The van der Waals surface area contributed by atoms with Gasteiger partial charge in [-0.3, -0.25) is 28.8 Å². The summed E-state index contributed by atoms with van der Waals surface area (Å²) in [6, 6.07) is 2.39. The van der Waals surface area contributed by atoms with Gasteiger partial charge in [-0.2, -0.15) is 5.26 Å². The first-order chi connectivity index (χ1) is 47.8. The average Bonchev–Trinajstić information content (AvgIpc) is 0.769. The van der Waals surface area contributed by atoms with Crippen LogP contribution in [0.15, 0.2) is 78.9 Å². The number of nitriles is 1. The summed E-state index contributed by atoms with van der Waals surface area (Å²) in [4.78, 5) is 104. The van der Waals surface area contributed by atoms with Crippen LogP contribution in [0.2, 0.25) is 10.0 Å². The average molecular weight is 1450 g/mol. The van der Waals surface area contributed by atoms with Crippen LogP contribution >= 0.6 is 23.2 Å². The number of esters is 1. The third kappa shape index (κ3) is 15.7. The number of ether oxygens (including phenoxy) is 7. The van der Waals surface area contributed by atoms with Gasteiger partial charge in [0.1, 0.15) is 89.5 Å². The van der Waals surface area contributed by atoms with Crippen molar-refractivity contribution in [3.63, 3.8) is 0 Å². The Balaban J connectivity index is 1.23. The lowest BCUT2D eigenvalue weighted by Crippen LogP contribution is -2.64. The van der Waals surface area contributed by atoms with Crippen LogP contribution in [0, 0.1) is 17.2 Å². The number of methoxy groups -OCH3 is 1. The number of nitrogens with zero attached hydrogens (tertiary/aromatic N) is 1. The molecule has 540 valence electrons. The maximum Gasteiger partial charge on any atom is 0.333 e. The van der Waals surface area contributed by atoms with Crippen molar-refractivity contribution < 1.29 is 113 Å². The fourth-order valence-electron chi connectivity index (χ4n) is 12.5. The number of benzene rings is 5. The number of phenols is 3. The highest BCUT2D eigenvalue weighted by molar-refractivity contribution is 6.32. The molecule has 5 aromatic carbocycles. The molecule has 2 saturated heterocycles. The largest absolute Gasteiger partial charge is 0.508 e. The molecule has 7 aliphatic rings. The van der Waals surface area contributed by atoms with Crippen LogP contribution < -0.4 is 57.2 Å². The molecule has 0 aromatic heterocycles. The van der Waals surface area contributed by atoms with Crippen LogP contribution in [0.5, 0.6) is 46.0 Å². The van der Waals surface area contributed by atoms with E-state index in [1.807, 2.05) is 13.8 Å². The lowest BCUT2D eigenvalue weighted by Gasteiger charge is -2.47. The molecule has 11 bridgehead atoms. The van der Waals surface area contributed by atoms with E-state index in [1.54, 1.807) is 6.07 Å². The van der Waals surface area contributed by atoms with Crippen molar-refractivity contribution in [1.82, 2.24) is 37.2 Å². The number of phenolic OH excluding ortho intramolecular Hbond substituents is 3. The summed E-state index contributed by atoms with van der Waals surface area (Å²) in [6.45, 7) is 5.73. The molecule has 18 atom stereocenters. The van der Waals surface area contributed by atoms with Gasteiger partial charge in [-0.05, 0) is 110 Å². The quantitative estimate of drug-likeness (QED) is 0.0781. The number of hydrogen-bond acceptors (Lipinski definition) is 26. The van der Waals surface area contributed by atoms with Gasteiger partial charge in [0.05, 0.1) is 54.5 Å². The van der Waals surface area contributed by atoms with E-state index in [-0.39, 0.29) is 52.0 Å². The summed E-state index contributed by atoms with van der Waals surface area (Å²) >= 11 is 14.2. The molecule has 34 heteroatoms. The zero-order valence-electron chi connectivity index (χ0n) is 54.7. The highest BCUT2D eigenvalue weighted by Crippen LogP contribution is 2.50. The molecule has 6 amide bonds. The normalized spacial score (nSPS) is 29.4. The summed E-state index contributed by atoms with van der Waals surface area (Å²) in [5.74, 6) is -13.4. The fraction of sp³-hybridized carbons (Fsp3) is 0.433. The Kier molecular flexibility index (Phi) is 22.6. The van der Waals surface area contributed by atoms with Crippen molar-refractivity contribution in [2.45, 2.75) is 156 Å². The highest BCUT2D eigenvalue weighted by Gasteiger charge is 2.51. The summed E-state index contributed by atoms with van der Waals surface area (Å²) in [5.41, 5.74) is 2.80. The second-order valence-electron chi connectivity index (χ2n) is 25.6. The van der Waals surface area contributed by atoms with Crippen LogP contribution in [0.3, 0.4) is 0 Å². The van der Waals surface area contributed by atoms with Crippen molar-refractivity contribution in [2.75, 3.05) is 20.8 Å². The van der Waals surface area contributed by atoms with E-state index in [4.69, 9.17) is 62.1 Å². The summed E-state index contributed by atoms with van der Waals surface area (Å²) in [5, 5.41) is 131. The molecular weight excluding hydrogens is 1370 g/mol. The minimum Gasteiger partial charge on any atom is -0.508 e. The number of amides is 6. The number of fused-ring (bicyclic) bond motifs is 15. The second kappa shape index (κ2) is 30.6. The number of hydrogen-bond donors (Lipinski definition) is 17. The van der Waals surface area contributed by atoms with Crippen LogP contribution in [0.4, 0.5) is 0 Å². The molecule has 0 saturated carbocycles. The van der Waals surface area contributed by atoms with Gasteiger partial charge in [0.2, 0.25) is 47.5 Å². The molecular formula is C67H75Cl2N9O23. The number of aliphatic hydroxyl groups excluding tert-OH is 6. The molecule has 32 nitrogen and oxygen atoms in total. The number of carbonyl (C=O) groups is 7. The third-order valence-corrected chi connectivity index (χ3v) is 18.4. The van der Waals surface area contributed by atoms with E-state index >= 15 is 14.4 Å². The number of rotatable bonds is 12. The zero-order valence-corrected chi connectivity index (χ0v) is 56.3. The first-order valence-corrected chi connectivity index (χ1v) is 32.5. The van der Waals surface area contributed by atoms with E-state index in [0.29, 0.717) is 0 Å². The fourth-order valence-corrected chi connectivity index (χ4v) is 12.9. The van der Waals surface area contributed by atoms with Gasteiger partial charge in [-0.25, -0.2) is 4.79 Å². The highest BCUT2D eigenvalue weighted by atomic mass is 35.5. The van der Waals surface area contributed by atoms with E-state index < -0.39 is 225 Å². The van der Waals surface area contributed by atoms with Gasteiger partial charge in [-0.15, -0.1) is 0 Å². The number of halogens is 2. The molecule has 0 spiro atoms. The van der Waals surface area contributed by atoms with Crippen LogP contribution in [0.25, 0.3) is 11.1 Å². The first-order valence-electron chi connectivity index (χ1n) is 31.7. The summed E-state index contributed by atoms with van der Waals surface area (Å²) < 4.78 is 43.5. The van der Waals surface area contributed by atoms with E-state index in [9.17, 15) is 70.4 Å². The lowest BCUT2D eigenvalue weighted by atomic mass is 9.86. The minimum atomic E-state index is -2.28. The number of aromatic hydroxyl groups is 3. The minimum absolute atomic E-state index is 0.0754. The number of likely N-dealkylation sites (N-methyl/N-ethyl adjacent to an activating group) is 1. The van der Waals surface area contributed by atoms with Crippen molar-refractivity contribution in [3.8, 4) is 63.2 Å². The molecule has 7 heterocycles. The molecule has 0 aliphatic carbocycles. The molecule has 0 unspecified atom stereocenters. The van der Waals surface area contributed by atoms with Gasteiger partial charge >= 0.3 is 5.97 Å². The van der Waals surface area contributed by atoms with Crippen molar-refractivity contribution in [3.05, 3.63) is 117 Å². The SMILES string of the molecule is CN[C@H](CC(C)C)C(=O)N[C@H]1C(=O)N[C@@H](CC#N)C(=O)N[C@H]2C(=O)N[C@H]3C(=O)N[C@H](C(=O)N[C@H](C(=O)OC)c4cc(O)cc(O)c4-c4cc3ccc4O)[C@H](O)c3ccc(c(Cl)c3)Oc3cc2cc(c3O[C@@H]2O[C@H](CO)[C@@H](O)[C@H](O)[C@H]2O[C@H]2C[C@](C)(N)[C@H](O)[C@H](C)O2)Oc2ccc(cc2Cl)[C@H]1O. The Hall–Kier alpha value is -9.18. The second-order valence-corrected chi connectivity index (χ2v) is 26.4. The van der Waals surface area contributed by atoms with Gasteiger partial charge in [0.25, 0.3) is 0 Å². The van der Waals surface area contributed by atoms with Gasteiger partial charge in [-0.1, -0.05) is 55.2 Å². The number of nitrogens with one attached hydrogen (secondary N) is 7. The predicted octanol–water partition coefficient (Wildman–Crippen LogP) is 1.23. The summed E-state index contributed by atoms with van der Waals surface area (Å²) in [6.07, 6.45) is -18.1. The molecule has 0 radical (unpaired) electrons. The standard InChI is InChI=1S/C67H75Cl2N9O23/c1-25(2)15-37(72-5)60(89)77-50-52(83)28-8-11-40(34(68)17-28)97-42-19-30-20-43(56(42)101-66-57(55(86)54(85)44(24-79)99-66)100-45-23-67(4,71)58(87)26(3)96-45)98-41-12-9-29(18-35(41)69)53(84)51-64(93)76-49(65(94)95-6)33-21-31(80)22-39(82)46(33)32-16-27(7-10-38(32)81)47(61(90)78-51)75-62(91)48(30)74-59(88)36(13-14-70)73-63(50)92/h7-12,16-22,25-26,36-37,44-45,47-55,57-58,66,72,79-87H,13,15,23-24,71H2,1-6H3,(H,73,92)(H,74,88)(H,75,91)(H,76,93)(H,77,89)(H,78,90)/t26-,36-,37+,44+,45-,47+,48+,49-,50+,51-,52+,53+,54+,55-,57+,58+,66-,67-/m0/s1. The maximum atomic E-state index is 16.0. The topological polar surface area (TPSA) is 500 Å². The Morgan fingerprint density at radius 1 is 0.743 bits per heavy atom. The molecule has 7 aliphatic heterocycles. The van der Waals surface area contributed by atoms with E-state index in [0.717, 1.165) is 67.8 Å². The molecule has 18 N–H and O–H groups in total. The molecule has 101 heavy (non-hydrogen) atoms. The lowest BCUT2D eigenvalue weighted by molar-refractivity contribution is -0.333. The van der Waals surface area contributed by atoms with E-state index in [1.165, 1.54) is 39.1 Å². The molecule has 2 fully saturated rings. The monoisotopic (exact) mass is 1440 g/mol. The molecule has 12 rings (SSSR count). The van der Waals surface area contributed by atoms with Crippen molar-refractivity contribution in [1.29, 1.82) is 5.26 Å². The van der Waals surface area contributed by atoms with Gasteiger partial charge in [0.15, 0.2) is 29.9 Å². The Morgan fingerprint density at radius 3 is 1.95 bits per heavy atom. The smallest absolute Gasteiger partial charge is 0.333 e. The van der Waals surface area contributed by atoms with Crippen molar-refractivity contribution in [2.24, 2.45) is 11.7 Å². The molecule has 5 aromatic rings. The van der Waals surface area contributed by atoms with E-state index in [2.05, 4.69) is 37.2 Å². The third-order valence-electron chi connectivity index (χ3n) is 17.9. The predicted molar refractivity (Wildman–Crippen MR) is 350 cm³/mol. The van der Waals surface area contributed by atoms with Crippen molar-refractivity contribution >= 4 is 64.6 Å². The number of carbonyl (C=O) groups excluding carboxylic acids is 7. The zero-order chi connectivity index (χ0) is 73.4. The Morgan fingerprint density at radius 2 is 1.36 bits per heavy atom. The van der Waals surface area contributed by atoms with Crippen LogP contribution in [-0.4, -0.2) is 187 Å². The summed E-state index contributed by atoms with van der Waals surface area (Å²) in [7, 11) is 2.44. The van der Waals surface area contributed by atoms with Gasteiger partial charge in [0, 0.05) is 34.7 Å². The maximum absolute atomic E-state index is 16.0.